The molecule has 5 heteroatoms. The highest BCUT2D eigenvalue weighted by Crippen LogP contribution is 2.27. The van der Waals surface area contributed by atoms with E-state index in [1.807, 2.05) is 0 Å². The fourth-order valence-electron chi connectivity index (χ4n) is 1.55. The van der Waals surface area contributed by atoms with Gasteiger partial charge in [0.25, 0.3) is 0 Å². The average molecular weight is 280 g/mol. The van der Waals surface area contributed by atoms with E-state index in [2.05, 4.69) is 6.92 Å². The molecule has 1 rings (SSSR count). The fraction of sp³-hybridized carbons (Fsp3) is 0.500. The Morgan fingerprint density at radius 1 is 1.41 bits per heavy atom. The van der Waals surface area contributed by atoms with Gasteiger partial charge in [0.15, 0.2) is 0 Å². The molecule has 17 heavy (non-hydrogen) atoms. The summed E-state index contributed by atoms with van der Waals surface area (Å²) in [4.78, 5) is 0. The van der Waals surface area contributed by atoms with Crippen molar-refractivity contribution in [1.82, 2.24) is 0 Å². The Balaban J connectivity index is 0.00000256. The van der Waals surface area contributed by atoms with Crippen LogP contribution in [0.4, 0.5) is 0 Å². The minimum atomic E-state index is -0.569. The summed E-state index contributed by atoms with van der Waals surface area (Å²) in [5.74, 6) is 0.0284. The van der Waals surface area contributed by atoms with Crippen LogP contribution >= 0.6 is 24.0 Å². The molecule has 2 atom stereocenters. The molecule has 0 aliphatic rings. The van der Waals surface area contributed by atoms with Gasteiger partial charge in [0, 0.05) is 0 Å². The zero-order valence-electron chi connectivity index (χ0n) is 9.77. The molecule has 0 aliphatic heterocycles. The molecule has 0 fully saturated rings. The second-order valence-electron chi connectivity index (χ2n) is 3.95. The van der Waals surface area contributed by atoms with E-state index in [1.165, 1.54) is 6.07 Å². The van der Waals surface area contributed by atoms with Gasteiger partial charge in [-0.2, -0.15) is 0 Å². The van der Waals surface area contributed by atoms with Gasteiger partial charge >= 0.3 is 0 Å². The first kappa shape index (κ1) is 16.5. The van der Waals surface area contributed by atoms with Crippen LogP contribution < -0.4 is 5.73 Å². The lowest BCUT2D eigenvalue weighted by Gasteiger charge is -2.19. The number of phenols is 1. The lowest BCUT2D eigenvalue weighted by Crippen LogP contribution is -2.26. The number of rotatable bonds is 5. The van der Waals surface area contributed by atoms with Crippen molar-refractivity contribution in [2.75, 3.05) is 0 Å². The van der Waals surface area contributed by atoms with E-state index < -0.39 is 12.1 Å². The van der Waals surface area contributed by atoms with E-state index in [-0.39, 0.29) is 23.2 Å². The molecule has 0 unspecified atom stereocenters. The Labute approximate surface area is 113 Å². The van der Waals surface area contributed by atoms with Crippen LogP contribution in [0.3, 0.4) is 0 Å². The largest absolute Gasteiger partial charge is 0.506 e. The predicted octanol–water partition coefficient (Wildman–Crippen LogP) is 3.02. The molecule has 0 amide bonds. The van der Waals surface area contributed by atoms with Gasteiger partial charge in [-0.1, -0.05) is 37.4 Å². The van der Waals surface area contributed by atoms with Gasteiger partial charge in [-0.25, -0.2) is 0 Å². The van der Waals surface area contributed by atoms with Crippen molar-refractivity contribution in [1.29, 1.82) is 0 Å². The Bertz CT molecular complexity index is 347. The molecule has 0 heterocycles. The number of hydrogen-bond acceptors (Lipinski definition) is 3. The first-order valence-corrected chi connectivity index (χ1v) is 5.86. The van der Waals surface area contributed by atoms with Gasteiger partial charge in [0.05, 0.1) is 17.2 Å². The van der Waals surface area contributed by atoms with Crippen molar-refractivity contribution >= 4 is 24.0 Å². The van der Waals surface area contributed by atoms with Gasteiger partial charge < -0.3 is 15.9 Å². The van der Waals surface area contributed by atoms with Gasteiger partial charge in [0.1, 0.15) is 5.75 Å². The van der Waals surface area contributed by atoms with E-state index in [0.717, 1.165) is 18.4 Å². The third-order valence-electron chi connectivity index (χ3n) is 2.62. The molecular weight excluding hydrogens is 261 g/mol. The Hall–Kier alpha value is -0.480. The molecule has 0 aromatic heterocycles. The highest BCUT2D eigenvalue weighted by molar-refractivity contribution is 6.32. The molecule has 0 radical (unpaired) electrons. The molecule has 1 aromatic rings. The molecular formula is C12H19Cl2NO2. The molecule has 0 saturated heterocycles. The van der Waals surface area contributed by atoms with Crippen LogP contribution in [0, 0.1) is 0 Å². The molecule has 0 aliphatic carbocycles. The molecule has 98 valence electrons. The summed E-state index contributed by atoms with van der Waals surface area (Å²) in [6, 6.07) is 4.31. The average Bonchev–Trinajstić information content (AvgIpc) is 2.28. The van der Waals surface area contributed by atoms with Crippen LogP contribution in [0.15, 0.2) is 18.2 Å². The maximum Gasteiger partial charge on any atom is 0.134 e. The summed E-state index contributed by atoms with van der Waals surface area (Å²) in [5.41, 5.74) is 6.65. The van der Waals surface area contributed by atoms with Gasteiger partial charge in [0.2, 0.25) is 0 Å². The maximum atomic E-state index is 9.83. The molecule has 1 aromatic carbocycles. The summed E-state index contributed by atoms with van der Waals surface area (Å²) >= 11 is 5.78. The first-order valence-electron chi connectivity index (χ1n) is 5.48. The summed E-state index contributed by atoms with van der Waals surface area (Å²) < 4.78 is 0. The number of aliphatic hydroxyl groups is 1. The normalized spacial score (nSPS) is 13.9. The smallest absolute Gasteiger partial charge is 0.134 e. The van der Waals surface area contributed by atoms with E-state index in [1.54, 1.807) is 12.1 Å². The van der Waals surface area contributed by atoms with E-state index in [9.17, 15) is 10.2 Å². The van der Waals surface area contributed by atoms with Gasteiger partial charge in [-0.3, -0.25) is 0 Å². The lowest BCUT2D eigenvalue weighted by molar-refractivity contribution is 0.132. The quantitative estimate of drug-likeness (QED) is 0.776. The van der Waals surface area contributed by atoms with Crippen LogP contribution in [0.25, 0.3) is 0 Å². The number of unbranched alkanes of at least 4 members (excludes halogenated alkanes) is 1. The third-order valence-corrected chi connectivity index (χ3v) is 2.93. The Morgan fingerprint density at radius 3 is 2.59 bits per heavy atom. The number of phenolic OH excluding ortho intramolecular Hbond substituents is 1. The van der Waals surface area contributed by atoms with E-state index >= 15 is 0 Å². The number of aliphatic hydroxyl groups excluding tert-OH is 1. The standard InChI is InChI=1S/C12H18ClNO2.ClH/c1-2-3-4-11(16)12(14)8-5-6-10(15)9(13)7-8;/h5-7,11-12,15-16H,2-4,14H2,1H3;1H/t11-,12+;/m0./s1. The minimum absolute atomic E-state index is 0. The van der Waals surface area contributed by atoms with Gasteiger partial charge in [-0.15, -0.1) is 12.4 Å². The topological polar surface area (TPSA) is 66.5 Å². The monoisotopic (exact) mass is 279 g/mol. The van der Waals surface area contributed by atoms with Crippen LogP contribution in [-0.2, 0) is 0 Å². The summed E-state index contributed by atoms with van der Waals surface area (Å²) in [6.45, 7) is 2.07. The van der Waals surface area contributed by atoms with Crippen molar-refractivity contribution in [3.8, 4) is 5.75 Å². The first-order chi connectivity index (χ1) is 7.56. The summed E-state index contributed by atoms with van der Waals surface area (Å²) in [5, 5.41) is 19.4. The number of aromatic hydroxyl groups is 1. The maximum absolute atomic E-state index is 9.83. The Morgan fingerprint density at radius 2 is 2.06 bits per heavy atom. The minimum Gasteiger partial charge on any atom is -0.506 e. The molecule has 3 nitrogen and oxygen atoms in total. The number of halogens is 2. The number of benzene rings is 1. The van der Waals surface area contributed by atoms with Crippen LogP contribution in [0.2, 0.25) is 5.02 Å². The van der Waals surface area contributed by atoms with Crippen LogP contribution in [0.1, 0.15) is 37.8 Å². The number of nitrogens with two attached hydrogens (primary N) is 1. The van der Waals surface area contributed by atoms with Crippen LogP contribution in [0.5, 0.6) is 5.75 Å². The van der Waals surface area contributed by atoms with Crippen molar-refractivity contribution < 1.29 is 10.2 Å². The molecule has 4 N–H and O–H groups in total. The van der Waals surface area contributed by atoms with E-state index in [4.69, 9.17) is 17.3 Å². The summed E-state index contributed by atoms with van der Waals surface area (Å²) in [6.07, 6.45) is 2.08. The van der Waals surface area contributed by atoms with Crippen molar-refractivity contribution in [2.24, 2.45) is 5.73 Å². The highest BCUT2D eigenvalue weighted by atomic mass is 35.5. The zero-order valence-corrected chi connectivity index (χ0v) is 11.3. The van der Waals surface area contributed by atoms with Crippen molar-refractivity contribution in [3.05, 3.63) is 28.8 Å². The second-order valence-corrected chi connectivity index (χ2v) is 4.35. The fourth-order valence-corrected chi connectivity index (χ4v) is 1.73. The summed E-state index contributed by atoms with van der Waals surface area (Å²) in [7, 11) is 0. The van der Waals surface area contributed by atoms with Gasteiger partial charge in [-0.05, 0) is 24.1 Å². The predicted molar refractivity (Wildman–Crippen MR) is 72.8 cm³/mol. The Kier molecular flexibility index (Phi) is 7.55. The lowest BCUT2D eigenvalue weighted by atomic mass is 9.98. The third kappa shape index (κ3) is 4.72. The van der Waals surface area contributed by atoms with Crippen molar-refractivity contribution in [2.45, 2.75) is 38.3 Å². The zero-order chi connectivity index (χ0) is 12.1. The molecule has 0 bridgehead atoms. The van der Waals surface area contributed by atoms with E-state index in [0.29, 0.717) is 6.42 Å². The number of hydrogen-bond donors (Lipinski definition) is 3. The van der Waals surface area contributed by atoms with Crippen molar-refractivity contribution in [3.63, 3.8) is 0 Å². The molecule has 0 spiro atoms. The van der Waals surface area contributed by atoms with Crippen LogP contribution in [-0.4, -0.2) is 16.3 Å². The second kappa shape index (κ2) is 7.77. The molecule has 0 saturated carbocycles. The highest BCUT2D eigenvalue weighted by Gasteiger charge is 2.17. The SMILES string of the molecule is CCCC[C@H](O)[C@H](N)c1ccc(O)c(Cl)c1.Cl.